The van der Waals surface area contributed by atoms with Gasteiger partial charge in [0.25, 0.3) is 5.91 Å². The summed E-state index contributed by atoms with van der Waals surface area (Å²) in [5.74, 6) is -0.263. The number of nitrogens with one attached hydrogen (secondary N) is 1. The maximum absolute atomic E-state index is 13.0. The molecule has 5 heteroatoms. The number of carbonyl (C=O) groups excluding carboxylic acids is 1. The molecule has 0 aliphatic carbocycles. The summed E-state index contributed by atoms with van der Waals surface area (Å²) in [5, 5.41) is 4.42. The Morgan fingerprint density at radius 3 is 1.81 bits per heavy atom. The zero-order valence-corrected chi connectivity index (χ0v) is 24.0. The van der Waals surface area contributed by atoms with E-state index in [1.807, 2.05) is 60.7 Å². The van der Waals surface area contributed by atoms with Crippen LogP contribution >= 0.6 is 0 Å². The number of hydrogen-bond donors (Lipinski definition) is 1. The Hall–Kier alpha value is -5.42. The van der Waals surface area contributed by atoms with E-state index < -0.39 is 0 Å². The normalized spacial score (nSPS) is 11.2. The van der Waals surface area contributed by atoms with E-state index in [1.54, 1.807) is 6.21 Å². The van der Waals surface area contributed by atoms with Crippen molar-refractivity contribution in [3.05, 3.63) is 155 Å². The molecule has 206 valence electrons. The summed E-state index contributed by atoms with van der Waals surface area (Å²) in [7, 11) is 0. The van der Waals surface area contributed by atoms with Gasteiger partial charge in [-0.05, 0) is 86.5 Å². The Balaban J connectivity index is 1.36. The van der Waals surface area contributed by atoms with Gasteiger partial charge in [-0.15, -0.1) is 0 Å². The molecule has 0 spiro atoms. The Labute approximate surface area is 246 Å². The van der Waals surface area contributed by atoms with Crippen molar-refractivity contribution in [3.63, 3.8) is 0 Å². The number of rotatable bonds is 7. The van der Waals surface area contributed by atoms with E-state index >= 15 is 0 Å². The van der Waals surface area contributed by atoms with Crippen LogP contribution in [0.25, 0.3) is 33.9 Å². The van der Waals surface area contributed by atoms with Gasteiger partial charge in [0, 0.05) is 33.9 Å². The van der Waals surface area contributed by atoms with Crippen LogP contribution in [0.3, 0.4) is 0 Å². The van der Waals surface area contributed by atoms with Crippen LogP contribution in [0.15, 0.2) is 132 Å². The number of aromatic nitrogens is 2. The van der Waals surface area contributed by atoms with Crippen LogP contribution in [0.4, 0.5) is 0 Å². The summed E-state index contributed by atoms with van der Waals surface area (Å²) in [6, 6.07) is 43.0. The SMILES string of the molecule is Cc1ccc(-n2c(-c3ccccc3)cc(/C=N/NC(=O)c3ccc(-n4c(C)ccc4C)cc3)c2-c2ccccc2)cc1. The molecule has 2 heterocycles. The molecule has 1 amide bonds. The van der Waals surface area contributed by atoms with E-state index in [4.69, 9.17) is 0 Å². The van der Waals surface area contributed by atoms with Gasteiger partial charge in [0.1, 0.15) is 0 Å². The molecule has 0 bridgehead atoms. The third kappa shape index (κ3) is 5.32. The van der Waals surface area contributed by atoms with Crippen molar-refractivity contribution in [1.29, 1.82) is 0 Å². The molecule has 0 saturated carbocycles. The molecule has 0 fully saturated rings. The molecule has 1 N–H and O–H groups in total. The fraction of sp³-hybridized carbons (Fsp3) is 0.0811. The zero-order chi connectivity index (χ0) is 29.1. The highest BCUT2D eigenvalue weighted by atomic mass is 16.2. The average molecular weight is 549 g/mol. The second-order valence-corrected chi connectivity index (χ2v) is 10.4. The van der Waals surface area contributed by atoms with Crippen molar-refractivity contribution in [2.45, 2.75) is 20.8 Å². The van der Waals surface area contributed by atoms with E-state index in [1.165, 1.54) is 5.56 Å². The predicted molar refractivity (Wildman–Crippen MR) is 172 cm³/mol. The molecule has 6 rings (SSSR count). The van der Waals surface area contributed by atoms with E-state index in [0.717, 1.165) is 50.8 Å². The molecule has 0 atom stereocenters. The molecule has 42 heavy (non-hydrogen) atoms. The van der Waals surface area contributed by atoms with Crippen LogP contribution in [0, 0.1) is 20.8 Å². The summed E-state index contributed by atoms with van der Waals surface area (Å²) in [6.45, 7) is 6.23. The number of amides is 1. The summed E-state index contributed by atoms with van der Waals surface area (Å²) in [6.07, 6.45) is 1.73. The quantitative estimate of drug-likeness (QED) is 0.158. The van der Waals surface area contributed by atoms with Gasteiger partial charge in [0.2, 0.25) is 0 Å². The van der Waals surface area contributed by atoms with Crippen LogP contribution in [0.1, 0.15) is 32.9 Å². The Morgan fingerprint density at radius 1 is 0.643 bits per heavy atom. The number of hydrazone groups is 1. The van der Waals surface area contributed by atoms with Crippen LogP contribution < -0.4 is 5.43 Å². The van der Waals surface area contributed by atoms with Gasteiger partial charge in [0.15, 0.2) is 0 Å². The van der Waals surface area contributed by atoms with E-state index in [2.05, 4.69) is 107 Å². The Kier molecular flexibility index (Phi) is 7.39. The third-order valence-electron chi connectivity index (χ3n) is 7.47. The summed E-state index contributed by atoms with van der Waals surface area (Å²) in [4.78, 5) is 13.0. The molecule has 2 aromatic heterocycles. The van der Waals surface area contributed by atoms with E-state index in [9.17, 15) is 4.79 Å². The predicted octanol–water partition coefficient (Wildman–Crippen LogP) is 8.29. The fourth-order valence-corrected chi connectivity index (χ4v) is 5.37. The Morgan fingerprint density at radius 2 is 1.19 bits per heavy atom. The van der Waals surface area contributed by atoms with Crippen molar-refractivity contribution < 1.29 is 4.79 Å². The minimum Gasteiger partial charge on any atom is -0.319 e. The summed E-state index contributed by atoms with van der Waals surface area (Å²) >= 11 is 0. The molecular formula is C37H32N4O. The maximum atomic E-state index is 13.0. The number of hydrogen-bond acceptors (Lipinski definition) is 2. The first-order valence-corrected chi connectivity index (χ1v) is 14.0. The van der Waals surface area contributed by atoms with Crippen LogP contribution in [-0.4, -0.2) is 21.3 Å². The molecule has 0 aliphatic heterocycles. The van der Waals surface area contributed by atoms with Crippen LogP contribution in [0.2, 0.25) is 0 Å². The number of carbonyl (C=O) groups is 1. The lowest BCUT2D eigenvalue weighted by atomic mass is 10.1. The van der Waals surface area contributed by atoms with Gasteiger partial charge < -0.3 is 9.13 Å². The van der Waals surface area contributed by atoms with Crippen LogP contribution in [0.5, 0.6) is 0 Å². The van der Waals surface area contributed by atoms with Gasteiger partial charge in [-0.25, -0.2) is 5.43 Å². The van der Waals surface area contributed by atoms with Crippen molar-refractivity contribution in [2.75, 3.05) is 0 Å². The lowest BCUT2D eigenvalue weighted by Crippen LogP contribution is -2.17. The molecule has 6 aromatic rings. The lowest BCUT2D eigenvalue weighted by Gasteiger charge is -2.15. The molecular weight excluding hydrogens is 516 g/mol. The second kappa shape index (κ2) is 11.6. The highest BCUT2D eigenvalue weighted by Gasteiger charge is 2.19. The topological polar surface area (TPSA) is 51.3 Å². The molecule has 4 aromatic carbocycles. The van der Waals surface area contributed by atoms with Gasteiger partial charge >= 0.3 is 0 Å². The Bertz CT molecular complexity index is 1840. The monoisotopic (exact) mass is 548 g/mol. The fourth-order valence-electron chi connectivity index (χ4n) is 5.37. The van der Waals surface area contributed by atoms with Gasteiger partial charge in [-0.2, -0.15) is 5.10 Å². The smallest absolute Gasteiger partial charge is 0.271 e. The van der Waals surface area contributed by atoms with Gasteiger partial charge in [-0.3, -0.25) is 4.79 Å². The maximum Gasteiger partial charge on any atom is 0.271 e. The number of nitrogens with zero attached hydrogens (tertiary/aromatic N) is 3. The largest absolute Gasteiger partial charge is 0.319 e. The third-order valence-corrected chi connectivity index (χ3v) is 7.47. The first-order chi connectivity index (χ1) is 20.5. The molecule has 0 saturated heterocycles. The van der Waals surface area contributed by atoms with E-state index in [0.29, 0.717) is 5.56 Å². The zero-order valence-electron chi connectivity index (χ0n) is 24.0. The van der Waals surface area contributed by atoms with Crippen molar-refractivity contribution in [2.24, 2.45) is 5.10 Å². The highest BCUT2D eigenvalue weighted by Crippen LogP contribution is 2.35. The first kappa shape index (κ1) is 26.8. The molecule has 5 nitrogen and oxygen atoms in total. The summed E-state index contributed by atoms with van der Waals surface area (Å²) < 4.78 is 4.42. The van der Waals surface area contributed by atoms with Crippen molar-refractivity contribution >= 4 is 12.1 Å². The average Bonchev–Trinajstić information content (AvgIpc) is 3.57. The van der Waals surface area contributed by atoms with E-state index in [-0.39, 0.29) is 5.91 Å². The second-order valence-electron chi connectivity index (χ2n) is 10.4. The van der Waals surface area contributed by atoms with Crippen molar-refractivity contribution in [3.8, 4) is 33.9 Å². The van der Waals surface area contributed by atoms with Gasteiger partial charge in [-0.1, -0.05) is 78.4 Å². The number of aryl methyl sites for hydroxylation is 3. The molecule has 0 aliphatic rings. The molecule has 0 radical (unpaired) electrons. The first-order valence-electron chi connectivity index (χ1n) is 14.0. The van der Waals surface area contributed by atoms with Crippen molar-refractivity contribution in [1.82, 2.24) is 14.6 Å². The number of benzene rings is 4. The minimum absolute atomic E-state index is 0.263. The lowest BCUT2D eigenvalue weighted by molar-refractivity contribution is 0.0955. The van der Waals surface area contributed by atoms with Gasteiger partial charge in [0.05, 0.1) is 17.6 Å². The summed E-state index contributed by atoms with van der Waals surface area (Å²) in [5.41, 5.74) is 13.9. The highest BCUT2D eigenvalue weighted by molar-refractivity contribution is 5.97. The minimum atomic E-state index is -0.263. The van der Waals surface area contributed by atoms with Crippen LogP contribution in [-0.2, 0) is 0 Å². The standard InChI is InChI=1S/C37H32N4O/c1-26-14-20-34(21-15-26)41-35(29-10-6-4-7-11-29)24-32(36(41)30-12-8-5-9-13-30)25-38-39-37(42)31-18-22-33(23-19-31)40-27(2)16-17-28(40)3/h4-25H,1-3H3,(H,39,42)/b38-25+. The molecule has 0 unspecified atom stereocenters.